The second-order valence-corrected chi connectivity index (χ2v) is 14.6. The normalized spacial score (nSPS) is 15.0. The smallest absolute Gasteiger partial charge is 0.284 e. The number of fused-ring (bicyclic) bond motifs is 1. The molecule has 5 aromatic rings. The van der Waals surface area contributed by atoms with E-state index < -0.39 is 43.4 Å². The molecule has 0 radical (unpaired) electrons. The molecule has 1 aliphatic heterocycles. The maximum Gasteiger partial charge on any atom is 0.284 e. The Morgan fingerprint density at radius 1 is 1.02 bits per heavy atom. The number of rotatable bonds is 9. The van der Waals surface area contributed by atoms with Crippen LogP contribution in [0.2, 0.25) is 0 Å². The Bertz CT molecular complexity index is 2220. The summed E-state index contributed by atoms with van der Waals surface area (Å²) in [5.41, 5.74) is -1.29. The molecule has 0 saturated carbocycles. The molecule has 6 rings (SSSR count). The minimum absolute atomic E-state index is 0.0756. The van der Waals surface area contributed by atoms with Crippen LogP contribution in [0.25, 0.3) is 22.3 Å². The zero-order valence-corrected chi connectivity index (χ0v) is 26.2. The van der Waals surface area contributed by atoms with Gasteiger partial charge in [-0.2, -0.15) is 13.4 Å². The quantitative estimate of drug-likeness (QED) is 0.241. The van der Waals surface area contributed by atoms with Gasteiger partial charge in [-0.3, -0.25) is 14.3 Å². The number of halogens is 3. The van der Waals surface area contributed by atoms with E-state index in [0.717, 1.165) is 47.7 Å². The van der Waals surface area contributed by atoms with E-state index in [1.807, 2.05) is 0 Å². The second kappa shape index (κ2) is 12.5. The molecular weight excluding hydrogens is 663 g/mol. The summed E-state index contributed by atoms with van der Waals surface area (Å²) in [7, 11) is -7.46. The lowest BCUT2D eigenvalue weighted by Gasteiger charge is -2.30. The first kappa shape index (κ1) is 32.2. The third-order valence-corrected chi connectivity index (χ3v) is 10.5. The lowest BCUT2D eigenvalue weighted by atomic mass is 10.1. The van der Waals surface area contributed by atoms with Crippen molar-refractivity contribution in [1.29, 1.82) is 0 Å². The maximum absolute atomic E-state index is 14.8. The Labute approximate surface area is 266 Å². The Hall–Kier alpha value is -4.75. The number of hydrogen-bond donors (Lipinski definition) is 1. The van der Waals surface area contributed by atoms with Crippen molar-refractivity contribution < 1.29 is 30.0 Å². The van der Waals surface area contributed by atoms with E-state index in [2.05, 4.69) is 30.4 Å². The molecule has 1 aromatic carbocycles. The lowest BCUT2D eigenvalue weighted by Crippen LogP contribution is -2.42. The average Bonchev–Trinajstić information content (AvgIpc) is 3.59. The number of alkyl halides is 2. The minimum Gasteiger partial charge on any atom is -0.351 e. The van der Waals surface area contributed by atoms with Crippen LogP contribution in [-0.2, 0) is 26.6 Å². The molecule has 0 atom stereocenters. The van der Waals surface area contributed by atoms with E-state index in [9.17, 15) is 34.8 Å². The molecule has 1 aliphatic rings. The number of aromatic nitrogens is 7. The summed E-state index contributed by atoms with van der Waals surface area (Å²) in [6.07, 6.45) is 3.73. The molecule has 14 nitrogen and oxygen atoms in total. The van der Waals surface area contributed by atoms with E-state index >= 15 is 0 Å². The minimum atomic E-state index is -4.14. The number of nitrogens with one attached hydrogen (secondary N) is 1. The molecule has 0 bridgehead atoms. The van der Waals surface area contributed by atoms with E-state index in [0.29, 0.717) is 35.6 Å². The monoisotopic (exact) mass is 689 g/mol. The predicted octanol–water partition coefficient (Wildman–Crippen LogP) is 2.64. The molecule has 5 heterocycles. The van der Waals surface area contributed by atoms with Crippen LogP contribution in [0.1, 0.15) is 30.4 Å². The summed E-state index contributed by atoms with van der Waals surface area (Å²) in [5.74, 6) is -0.605. The molecule has 1 N–H and O–H groups in total. The highest BCUT2D eigenvalue weighted by atomic mass is 32.2. The first-order chi connectivity index (χ1) is 22.3. The van der Waals surface area contributed by atoms with E-state index in [1.54, 1.807) is 0 Å². The summed E-state index contributed by atoms with van der Waals surface area (Å²) in [4.78, 5) is 29.5. The van der Waals surface area contributed by atoms with E-state index in [1.165, 1.54) is 28.8 Å². The van der Waals surface area contributed by atoms with E-state index in [4.69, 9.17) is 0 Å². The van der Waals surface area contributed by atoms with Gasteiger partial charge in [0.1, 0.15) is 24.1 Å². The summed E-state index contributed by atoms with van der Waals surface area (Å²) in [6, 6.07) is 6.97. The Morgan fingerprint density at radius 3 is 2.43 bits per heavy atom. The number of pyridine rings is 2. The van der Waals surface area contributed by atoms with Gasteiger partial charge in [-0.1, -0.05) is 6.07 Å². The van der Waals surface area contributed by atoms with Crippen LogP contribution < -0.4 is 10.9 Å². The third kappa shape index (κ3) is 6.58. The second-order valence-electron chi connectivity index (χ2n) is 10.8. The first-order valence-corrected chi connectivity index (χ1v) is 17.4. The van der Waals surface area contributed by atoms with Gasteiger partial charge in [0, 0.05) is 42.5 Å². The van der Waals surface area contributed by atoms with Crippen molar-refractivity contribution in [2.45, 2.75) is 36.7 Å². The van der Waals surface area contributed by atoms with Crippen molar-refractivity contribution >= 4 is 37.0 Å². The Balaban J connectivity index is 1.29. The van der Waals surface area contributed by atoms with Gasteiger partial charge >= 0.3 is 0 Å². The van der Waals surface area contributed by atoms with Crippen LogP contribution in [0, 0.1) is 5.82 Å². The summed E-state index contributed by atoms with van der Waals surface area (Å²) in [5, 5.41) is 6.96. The summed E-state index contributed by atoms with van der Waals surface area (Å²) in [6.45, 7) is 0.387. The van der Waals surface area contributed by atoms with Crippen molar-refractivity contribution in [3.8, 4) is 11.3 Å². The molecule has 4 aromatic heterocycles. The van der Waals surface area contributed by atoms with Crippen LogP contribution >= 0.6 is 0 Å². The molecule has 1 saturated heterocycles. The highest BCUT2D eigenvalue weighted by molar-refractivity contribution is 7.89. The molecule has 19 heteroatoms. The van der Waals surface area contributed by atoms with Gasteiger partial charge in [0.05, 0.1) is 29.0 Å². The van der Waals surface area contributed by atoms with Gasteiger partial charge in [-0.15, -0.1) is 9.19 Å². The fourth-order valence-electron chi connectivity index (χ4n) is 5.22. The number of anilines is 1. The zero-order chi connectivity index (χ0) is 33.5. The van der Waals surface area contributed by atoms with Crippen LogP contribution in [0.5, 0.6) is 0 Å². The number of piperidine rings is 1. The van der Waals surface area contributed by atoms with Gasteiger partial charge in [-0.05, 0) is 48.7 Å². The van der Waals surface area contributed by atoms with Crippen LogP contribution in [0.15, 0.2) is 71.1 Å². The van der Waals surface area contributed by atoms with Crippen molar-refractivity contribution in [3.05, 3.63) is 88.7 Å². The van der Waals surface area contributed by atoms with Crippen molar-refractivity contribution in [1.82, 2.24) is 38.0 Å². The van der Waals surface area contributed by atoms with Gasteiger partial charge in [0.25, 0.3) is 22.0 Å². The fourth-order valence-corrected chi connectivity index (χ4v) is 7.16. The highest BCUT2D eigenvalue weighted by Crippen LogP contribution is 2.26. The molecular formula is C28H26F3N9O5S2. The summed E-state index contributed by atoms with van der Waals surface area (Å²) >= 11 is 0. The molecule has 0 aliphatic carbocycles. The first-order valence-electron chi connectivity index (χ1n) is 14.1. The van der Waals surface area contributed by atoms with Crippen molar-refractivity contribution in [2.75, 3.05) is 24.7 Å². The largest absolute Gasteiger partial charge is 0.351 e. The third-order valence-electron chi connectivity index (χ3n) is 7.67. The topological polar surface area (TPSA) is 175 Å². The molecule has 0 amide bonds. The van der Waals surface area contributed by atoms with E-state index in [-0.39, 0.29) is 45.7 Å². The standard InChI is InChI=1S/C28H26F3N9O5S2/c1-46(42,43)38-8-6-19(7-9-38)36-28-34-13-18-10-22(25(30)31)27(41)39(26(18)37-28)14-17-2-5-24(33-12-17)21-11-20(3-4-23(21)29)47(44,45)40-16-32-15-35-40/h2-5,10-13,15-16,19,25H,6-9,14H2,1H3,(H,34,36,37). The number of hydrogen-bond acceptors (Lipinski definition) is 11. The summed E-state index contributed by atoms with van der Waals surface area (Å²) < 4.78 is 95.0. The average molecular weight is 690 g/mol. The maximum atomic E-state index is 14.8. The van der Waals surface area contributed by atoms with Gasteiger partial charge in [0.15, 0.2) is 0 Å². The lowest BCUT2D eigenvalue weighted by molar-refractivity contribution is 0.149. The molecule has 47 heavy (non-hydrogen) atoms. The van der Waals surface area contributed by atoms with Gasteiger partial charge in [0.2, 0.25) is 16.0 Å². The zero-order valence-electron chi connectivity index (χ0n) is 24.5. The van der Waals surface area contributed by atoms with Crippen molar-refractivity contribution in [3.63, 3.8) is 0 Å². The highest BCUT2D eigenvalue weighted by Gasteiger charge is 2.26. The molecule has 0 unspecified atom stereocenters. The Morgan fingerprint density at radius 2 is 1.79 bits per heavy atom. The number of benzene rings is 1. The fraction of sp³-hybridized carbons (Fsp3) is 0.286. The number of sulfonamides is 1. The van der Waals surface area contributed by atoms with Gasteiger partial charge < -0.3 is 5.32 Å². The van der Waals surface area contributed by atoms with Crippen molar-refractivity contribution in [2.24, 2.45) is 0 Å². The van der Waals surface area contributed by atoms with Crippen LogP contribution in [-0.4, -0.2) is 80.2 Å². The van der Waals surface area contributed by atoms with Gasteiger partial charge in [-0.25, -0.2) is 35.9 Å². The Kier molecular flexibility index (Phi) is 8.53. The van der Waals surface area contributed by atoms with Crippen LogP contribution in [0.4, 0.5) is 19.1 Å². The van der Waals surface area contributed by atoms with Crippen LogP contribution in [0.3, 0.4) is 0 Å². The number of nitrogens with zero attached hydrogens (tertiary/aromatic N) is 8. The predicted molar refractivity (Wildman–Crippen MR) is 163 cm³/mol. The molecule has 246 valence electrons. The molecule has 0 spiro atoms. The molecule has 1 fully saturated rings. The SMILES string of the molecule is CS(=O)(=O)N1CCC(Nc2ncc3cc(C(F)F)c(=O)n(Cc4ccc(-c5cc(S(=O)(=O)n6cncn6)ccc5F)nc4)c3n2)CC1.